The summed E-state index contributed by atoms with van der Waals surface area (Å²) in [6.07, 6.45) is 2.44. The Morgan fingerprint density at radius 3 is 3.00 bits per heavy atom. The molecule has 0 bridgehead atoms. The number of amides is 1. The Morgan fingerprint density at radius 1 is 1.73 bits per heavy atom. The van der Waals surface area contributed by atoms with Crippen molar-refractivity contribution < 1.29 is 4.79 Å². The number of nitrogens with one attached hydrogen (secondary N) is 1. The number of nitriles is 1. The molecule has 2 atom stereocenters. The Bertz CT molecular complexity index is 253. The van der Waals surface area contributed by atoms with Crippen molar-refractivity contribution in [2.24, 2.45) is 5.92 Å². The molecule has 4 heteroatoms. The first-order chi connectivity index (χ1) is 7.16. The van der Waals surface area contributed by atoms with Gasteiger partial charge in [-0.05, 0) is 26.3 Å². The van der Waals surface area contributed by atoms with Crippen molar-refractivity contribution in [1.82, 2.24) is 10.2 Å². The summed E-state index contributed by atoms with van der Waals surface area (Å²) in [5, 5.41) is 11.8. The average Bonchev–Trinajstić information content (AvgIpc) is 2.28. The second-order valence-corrected chi connectivity index (χ2v) is 4.20. The van der Waals surface area contributed by atoms with E-state index in [-0.39, 0.29) is 17.9 Å². The topological polar surface area (TPSA) is 56.1 Å². The standard InChI is InChI=1S/C11H19N3O/c1-9(5-6-12)14(2)11(15)10-4-3-7-13-8-10/h9-10,13H,3-5,7-8H2,1-2H3/t9?,10-/m1/s1. The van der Waals surface area contributed by atoms with Crippen LogP contribution in [0.1, 0.15) is 26.2 Å². The lowest BCUT2D eigenvalue weighted by molar-refractivity contribution is -0.136. The Balaban J connectivity index is 2.47. The van der Waals surface area contributed by atoms with Gasteiger partial charge in [-0.3, -0.25) is 4.79 Å². The molecule has 1 saturated heterocycles. The summed E-state index contributed by atoms with van der Waals surface area (Å²) in [7, 11) is 1.79. The summed E-state index contributed by atoms with van der Waals surface area (Å²) >= 11 is 0. The van der Waals surface area contributed by atoms with Crippen LogP contribution in [-0.4, -0.2) is 37.0 Å². The predicted molar refractivity (Wildman–Crippen MR) is 58.1 cm³/mol. The minimum absolute atomic E-state index is 0.0180. The van der Waals surface area contributed by atoms with Crippen LogP contribution in [0.4, 0.5) is 0 Å². The third kappa shape index (κ3) is 3.21. The minimum atomic E-state index is 0.0180. The van der Waals surface area contributed by atoms with Crippen molar-refractivity contribution in [2.45, 2.75) is 32.2 Å². The van der Waals surface area contributed by atoms with Crippen molar-refractivity contribution in [3.8, 4) is 6.07 Å². The molecule has 1 fully saturated rings. The highest BCUT2D eigenvalue weighted by molar-refractivity contribution is 5.79. The van der Waals surface area contributed by atoms with Crippen molar-refractivity contribution >= 4 is 5.91 Å². The molecule has 1 amide bonds. The maximum atomic E-state index is 12.0. The molecular weight excluding hydrogens is 190 g/mol. The van der Waals surface area contributed by atoms with Crippen LogP contribution in [-0.2, 0) is 4.79 Å². The molecule has 0 aromatic heterocycles. The van der Waals surface area contributed by atoms with Crippen molar-refractivity contribution in [1.29, 1.82) is 5.26 Å². The molecule has 0 saturated carbocycles. The van der Waals surface area contributed by atoms with Gasteiger partial charge in [0.2, 0.25) is 5.91 Å². The number of rotatable bonds is 3. The van der Waals surface area contributed by atoms with Gasteiger partial charge >= 0.3 is 0 Å². The van der Waals surface area contributed by atoms with Crippen LogP contribution in [0.5, 0.6) is 0 Å². The number of hydrogen-bond donors (Lipinski definition) is 1. The van der Waals surface area contributed by atoms with E-state index < -0.39 is 0 Å². The number of carbonyl (C=O) groups is 1. The predicted octanol–water partition coefficient (Wildman–Crippen LogP) is 0.747. The molecule has 1 aliphatic heterocycles. The lowest BCUT2D eigenvalue weighted by Gasteiger charge is -2.30. The van der Waals surface area contributed by atoms with Crippen molar-refractivity contribution in [3.63, 3.8) is 0 Å². The zero-order valence-corrected chi connectivity index (χ0v) is 9.49. The normalized spacial score (nSPS) is 22.9. The van der Waals surface area contributed by atoms with E-state index in [4.69, 9.17) is 5.26 Å². The van der Waals surface area contributed by atoms with E-state index in [0.717, 1.165) is 25.9 Å². The largest absolute Gasteiger partial charge is 0.342 e. The summed E-state index contributed by atoms with van der Waals surface area (Å²) in [5.74, 6) is 0.273. The van der Waals surface area contributed by atoms with Gasteiger partial charge in [0.05, 0.1) is 18.4 Å². The molecule has 0 spiro atoms. The Kier molecular flexibility index (Phi) is 4.57. The van der Waals surface area contributed by atoms with Gasteiger partial charge in [-0.15, -0.1) is 0 Å². The van der Waals surface area contributed by atoms with Crippen LogP contribution in [0.2, 0.25) is 0 Å². The van der Waals surface area contributed by atoms with Gasteiger partial charge in [-0.1, -0.05) is 0 Å². The van der Waals surface area contributed by atoms with Gasteiger partial charge in [0.25, 0.3) is 0 Å². The third-order valence-corrected chi connectivity index (χ3v) is 3.04. The molecular formula is C11H19N3O. The van der Waals surface area contributed by atoms with E-state index in [9.17, 15) is 4.79 Å². The van der Waals surface area contributed by atoms with E-state index in [0.29, 0.717) is 6.42 Å². The lowest BCUT2D eigenvalue weighted by atomic mass is 9.97. The van der Waals surface area contributed by atoms with Crippen LogP contribution in [0.25, 0.3) is 0 Å². The summed E-state index contributed by atoms with van der Waals surface area (Å²) in [5.41, 5.74) is 0. The van der Waals surface area contributed by atoms with Crippen LogP contribution in [0.3, 0.4) is 0 Å². The SMILES string of the molecule is CC(CC#N)N(C)C(=O)[C@@H]1CCCNC1. The number of piperidine rings is 1. The van der Waals surface area contributed by atoms with Crippen molar-refractivity contribution in [3.05, 3.63) is 0 Å². The first-order valence-corrected chi connectivity index (χ1v) is 5.51. The monoisotopic (exact) mass is 209 g/mol. The zero-order valence-electron chi connectivity index (χ0n) is 9.49. The van der Waals surface area contributed by atoms with Crippen LogP contribution in [0, 0.1) is 17.2 Å². The molecule has 1 aliphatic rings. The first-order valence-electron chi connectivity index (χ1n) is 5.51. The van der Waals surface area contributed by atoms with Gasteiger partial charge in [0.15, 0.2) is 0 Å². The van der Waals surface area contributed by atoms with Gasteiger partial charge in [0.1, 0.15) is 0 Å². The van der Waals surface area contributed by atoms with Gasteiger partial charge in [-0.25, -0.2) is 0 Å². The molecule has 0 aliphatic carbocycles. The molecule has 1 rings (SSSR count). The maximum absolute atomic E-state index is 12.0. The average molecular weight is 209 g/mol. The highest BCUT2D eigenvalue weighted by atomic mass is 16.2. The quantitative estimate of drug-likeness (QED) is 0.746. The number of nitrogens with zero attached hydrogens (tertiary/aromatic N) is 2. The maximum Gasteiger partial charge on any atom is 0.226 e. The van der Waals surface area contributed by atoms with E-state index >= 15 is 0 Å². The van der Waals surface area contributed by atoms with Gasteiger partial charge in [-0.2, -0.15) is 5.26 Å². The molecule has 4 nitrogen and oxygen atoms in total. The van der Waals surface area contributed by atoms with Gasteiger partial charge in [0, 0.05) is 19.6 Å². The first kappa shape index (κ1) is 12.0. The molecule has 0 radical (unpaired) electrons. The molecule has 15 heavy (non-hydrogen) atoms. The molecule has 1 heterocycles. The van der Waals surface area contributed by atoms with E-state index in [1.165, 1.54) is 0 Å². The number of hydrogen-bond acceptors (Lipinski definition) is 3. The van der Waals surface area contributed by atoms with Crippen LogP contribution < -0.4 is 5.32 Å². The Morgan fingerprint density at radius 2 is 2.47 bits per heavy atom. The van der Waals surface area contributed by atoms with E-state index in [1.807, 2.05) is 6.92 Å². The fourth-order valence-corrected chi connectivity index (χ4v) is 1.84. The second-order valence-electron chi connectivity index (χ2n) is 4.20. The summed E-state index contributed by atoms with van der Waals surface area (Å²) < 4.78 is 0. The fraction of sp³-hybridized carbons (Fsp3) is 0.818. The Labute approximate surface area is 91.2 Å². The zero-order chi connectivity index (χ0) is 11.3. The molecule has 84 valence electrons. The lowest BCUT2D eigenvalue weighted by Crippen LogP contribution is -2.44. The molecule has 0 aromatic rings. The second kappa shape index (κ2) is 5.72. The fourth-order valence-electron chi connectivity index (χ4n) is 1.84. The van der Waals surface area contributed by atoms with Crippen LogP contribution in [0.15, 0.2) is 0 Å². The van der Waals surface area contributed by atoms with Crippen LogP contribution >= 0.6 is 0 Å². The summed E-state index contributed by atoms with van der Waals surface area (Å²) in [6, 6.07) is 2.11. The smallest absolute Gasteiger partial charge is 0.226 e. The number of carbonyl (C=O) groups excluding carboxylic acids is 1. The highest BCUT2D eigenvalue weighted by Gasteiger charge is 2.25. The Hall–Kier alpha value is -1.08. The summed E-state index contributed by atoms with van der Waals surface area (Å²) in [6.45, 7) is 3.71. The van der Waals surface area contributed by atoms with E-state index in [2.05, 4.69) is 11.4 Å². The summed E-state index contributed by atoms with van der Waals surface area (Å²) in [4.78, 5) is 13.7. The molecule has 0 aromatic carbocycles. The molecule has 1 N–H and O–H groups in total. The van der Waals surface area contributed by atoms with E-state index in [1.54, 1.807) is 11.9 Å². The minimum Gasteiger partial charge on any atom is -0.342 e. The van der Waals surface area contributed by atoms with Gasteiger partial charge < -0.3 is 10.2 Å². The van der Waals surface area contributed by atoms with Crippen molar-refractivity contribution in [2.75, 3.05) is 20.1 Å². The third-order valence-electron chi connectivity index (χ3n) is 3.04. The molecule has 1 unspecified atom stereocenters. The highest BCUT2D eigenvalue weighted by Crippen LogP contribution is 2.14.